The van der Waals surface area contributed by atoms with Gasteiger partial charge in [0.1, 0.15) is 6.61 Å². The van der Waals surface area contributed by atoms with Crippen LogP contribution in [0.3, 0.4) is 0 Å². The van der Waals surface area contributed by atoms with E-state index in [1.807, 2.05) is 12.1 Å². The number of nitrogens with zero attached hydrogens (tertiary/aromatic N) is 1. The van der Waals surface area contributed by atoms with Gasteiger partial charge in [0.05, 0.1) is 23.9 Å². The van der Waals surface area contributed by atoms with Crippen LogP contribution in [0.15, 0.2) is 65.8 Å². The van der Waals surface area contributed by atoms with Crippen LogP contribution in [0.1, 0.15) is 27.0 Å². The first-order valence-electron chi connectivity index (χ1n) is 9.43. The first-order valence-corrected chi connectivity index (χ1v) is 10.2. The standard InChI is InChI=1S/C23H17Cl2F3N2O3/c1-32-20-10-14(9-19(25)21(20)33-13-16-5-2-3-8-18(16)24)12-29-30-22(31)15-6-4-7-17(11-15)23(26,27)28/h2-12H,13H2,1H3,(H,30,31)/b29-12-. The fraction of sp³-hybridized carbons (Fsp3) is 0.130. The minimum absolute atomic E-state index is 0.163. The molecule has 0 saturated carbocycles. The smallest absolute Gasteiger partial charge is 0.416 e. The summed E-state index contributed by atoms with van der Waals surface area (Å²) in [5.41, 5.74) is 2.30. The summed E-state index contributed by atoms with van der Waals surface area (Å²) in [6.45, 7) is 0.163. The maximum absolute atomic E-state index is 12.8. The molecule has 0 aliphatic heterocycles. The number of rotatable bonds is 7. The number of hydrogen-bond donors (Lipinski definition) is 1. The van der Waals surface area contributed by atoms with Crippen molar-refractivity contribution in [2.75, 3.05) is 7.11 Å². The molecule has 3 rings (SSSR count). The maximum atomic E-state index is 12.8. The summed E-state index contributed by atoms with van der Waals surface area (Å²) in [5.74, 6) is -0.181. The van der Waals surface area contributed by atoms with Gasteiger partial charge >= 0.3 is 6.18 Å². The number of hydrazone groups is 1. The minimum Gasteiger partial charge on any atom is -0.493 e. The Labute approximate surface area is 197 Å². The lowest BCUT2D eigenvalue weighted by Crippen LogP contribution is -2.18. The first kappa shape index (κ1) is 24.4. The lowest BCUT2D eigenvalue weighted by Gasteiger charge is -2.14. The lowest BCUT2D eigenvalue weighted by atomic mass is 10.1. The Balaban J connectivity index is 1.70. The van der Waals surface area contributed by atoms with Crippen LogP contribution in [0, 0.1) is 0 Å². The Kier molecular flexibility index (Phi) is 7.84. The fourth-order valence-electron chi connectivity index (χ4n) is 2.79. The van der Waals surface area contributed by atoms with Crippen LogP contribution >= 0.6 is 23.2 Å². The van der Waals surface area contributed by atoms with Gasteiger partial charge in [0, 0.05) is 16.1 Å². The largest absolute Gasteiger partial charge is 0.493 e. The van der Waals surface area contributed by atoms with Crippen LogP contribution in [0.5, 0.6) is 11.5 Å². The number of amides is 1. The predicted molar refractivity (Wildman–Crippen MR) is 120 cm³/mol. The molecular formula is C23H17Cl2F3N2O3. The van der Waals surface area contributed by atoms with Crippen LogP contribution in [0.4, 0.5) is 13.2 Å². The van der Waals surface area contributed by atoms with E-state index < -0.39 is 17.6 Å². The van der Waals surface area contributed by atoms with Gasteiger partial charge in [-0.05, 0) is 42.0 Å². The number of carbonyl (C=O) groups is 1. The monoisotopic (exact) mass is 496 g/mol. The molecule has 0 fully saturated rings. The van der Waals surface area contributed by atoms with Crippen molar-refractivity contribution in [3.8, 4) is 11.5 Å². The number of halogens is 5. The van der Waals surface area contributed by atoms with E-state index >= 15 is 0 Å². The number of alkyl halides is 3. The zero-order valence-electron chi connectivity index (χ0n) is 17.1. The first-order chi connectivity index (χ1) is 15.7. The van der Waals surface area contributed by atoms with Crippen LogP contribution in [0.25, 0.3) is 0 Å². The highest BCUT2D eigenvalue weighted by atomic mass is 35.5. The molecule has 0 unspecified atom stereocenters. The van der Waals surface area contributed by atoms with Crippen molar-refractivity contribution in [2.45, 2.75) is 12.8 Å². The molecule has 0 spiro atoms. The van der Waals surface area contributed by atoms with Crippen LogP contribution in [-0.4, -0.2) is 19.2 Å². The van der Waals surface area contributed by atoms with E-state index in [1.165, 1.54) is 25.5 Å². The molecule has 0 radical (unpaired) electrons. The number of nitrogens with one attached hydrogen (secondary N) is 1. The van der Waals surface area contributed by atoms with E-state index in [0.717, 1.165) is 23.8 Å². The number of benzene rings is 3. The van der Waals surface area contributed by atoms with Gasteiger partial charge in [0.15, 0.2) is 11.5 Å². The highest BCUT2D eigenvalue weighted by Crippen LogP contribution is 2.37. The number of methoxy groups -OCH3 is 1. The molecule has 0 aromatic heterocycles. The van der Waals surface area contributed by atoms with Gasteiger partial charge in [-0.2, -0.15) is 18.3 Å². The summed E-state index contributed by atoms with van der Waals surface area (Å²) in [4.78, 5) is 12.1. The summed E-state index contributed by atoms with van der Waals surface area (Å²) < 4.78 is 49.5. The highest BCUT2D eigenvalue weighted by molar-refractivity contribution is 6.32. The molecule has 0 aliphatic carbocycles. The van der Waals surface area contributed by atoms with Crippen molar-refractivity contribution in [2.24, 2.45) is 5.10 Å². The van der Waals surface area contributed by atoms with E-state index in [0.29, 0.717) is 22.1 Å². The molecule has 0 heterocycles. The molecule has 172 valence electrons. The SMILES string of the molecule is COc1cc(/C=N\NC(=O)c2cccc(C(F)(F)F)c2)cc(Cl)c1OCc1ccccc1Cl. The maximum Gasteiger partial charge on any atom is 0.416 e. The quantitative estimate of drug-likeness (QED) is 0.305. The van der Waals surface area contributed by atoms with Crippen molar-refractivity contribution >= 4 is 35.3 Å². The van der Waals surface area contributed by atoms with E-state index in [2.05, 4.69) is 10.5 Å². The Morgan fingerprint density at radius 2 is 1.82 bits per heavy atom. The van der Waals surface area contributed by atoms with Crippen LogP contribution in [-0.2, 0) is 12.8 Å². The molecule has 3 aromatic carbocycles. The lowest BCUT2D eigenvalue weighted by molar-refractivity contribution is -0.137. The molecule has 0 aliphatic rings. The average Bonchev–Trinajstić information content (AvgIpc) is 2.78. The molecule has 33 heavy (non-hydrogen) atoms. The number of hydrogen-bond acceptors (Lipinski definition) is 4. The van der Waals surface area contributed by atoms with E-state index in [9.17, 15) is 18.0 Å². The molecule has 0 bridgehead atoms. The van der Waals surface area contributed by atoms with Crippen molar-refractivity contribution in [3.05, 3.63) is 93.0 Å². The van der Waals surface area contributed by atoms with E-state index in [-0.39, 0.29) is 17.2 Å². The van der Waals surface area contributed by atoms with Gasteiger partial charge in [-0.15, -0.1) is 0 Å². The topological polar surface area (TPSA) is 59.9 Å². The molecule has 5 nitrogen and oxygen atoms in total. The van der Waals surface area contributed by atoms with Gasteiger partial charge in [-0.1, -0.05) is 47.5 Å². The summed E-state index contributed by atoms with van der Waals surface area (Å²) >= 11 is 12.5. The Morgan fingerprint density at radius 1 is 1.06 bits per heavy atom. The highest BCUT2D eigenvalue weighted by Gasteiger charge is 2.30. The third kappa shape index (κ3) is 6.40. The van der Waals surface area contributed by atoms with Crippen molar-refractivity contribution < 1.29 is 27.4 Å². The molecule has 3 aromatic rings. The molecule has 10 heteroatoms. The second-order valence-electron chi connectivity index (χ2n) is 6.69. The zero-order valence-corrected chi connectivity index (χ0v) is 18.6. The number of ether oxygens (including phenoxy) is 2. The average molecular weight is 497 g/mol. The second kappa shape index (κ2) is 10.6. The summed E-state index contributed by atoms with van der Waals surface area (Å²) in [6.07, 6.45) is -3.28. The molecule has 0 saturated heterocycles. The minimum atomic E-state index is -4.55. The number of carbonyl (C=O) groups excluding carboxylic acids is 1. The van der Waals surface area contributed by atoms with E-state index in [4.69, 9.17) is 32.7 Å². The van der Waals surface area contributed by atoms with Crippen molar-refractivity contribution in [1.29, 1.82) is 0 Å². The molecule has 1 amide bonds. The predicted octanol–water partition coefficient (Wildman–Crippen LogP) is 6.36. The Bertz CT molecular complexity index is 1180. The third-order valence-electron chi connectivity index (χ3n) is 4.41. The van der Waals surface area contributed by atoms with Gasteiger partial charge in [-0.25, -0.2) is 5.43 Å². The van der Waals surface area contributed by atoms with Gasteiger partial charge < -0.3 is 9.47 Å². The zero-order chi connectivity index (χ0) is 24.0. The van der Waals surface area contributed by atoms with Crippen molar-refractivity contribution in [3.63, 3.8) is 0 Å². The van der Waals surface area contributed by atoms with Crippen LogP contribution in [0.2, 0.25) is 10.0 Å². The Morgan fingerprint density at radius 3 is 2.52 bits per heavy atom. The summed E-state index contributed by atoms with van der Waals surface area (Å²) in [6, 6.07) is 14.3. The van der Waals surface area contributed by atoms with Crippen LogP contribution < -0.4 is 14.9 Å². The molecular weight excluding hydrogens is 480 g/mol. The van der Waals surface area contributed by atoms with Gasteiger partial charge in [-0.3, -0.25) is 4.79 Å². The van der Waals surface area contributed by atoms with E-state index in [1.54, 1.807) is 18.2 Å². The van der Waals surface area contributed by atoms with Gasteiger partial charge in [0.25, 0.3) is 5.91 Å². The van der Waals surface area contributed by atoms with Gasteiger partial charge in [0.2, 0.25) is 0 Å². The molecule has 1 N–H and O–H groups in total. The fourth-order valence-corrected chi connectivity index (χ4v) is 3.25. The summed E-state index contributed by atoms with van der Waals surface area (Å²) in [5, 5.41) is 4.56. The molecule has 0 atom stereocenters. The summed E-state index contributed by atoms with van der Waals surface area (Å²) in [7, 11) is 1.43. The van der Waals surface area contributed by atoms with Crippen molar-refractivity contribution in [1.82, 2.24) is 5.43 Å². The third-order valence-corrected chi connectivity index (χ3v) is 5.06. The normalized spacial score (nSPS) is 11.5. The second-order valence-corrected chi connectivity index (χ2v) is 7.51. The Hall–Kier alpha value is -3.23.